The maximum atomic E-state index is 14.5. The van der Waals surface area contributed by atoms with E-state index in [4.69, 9.17) is 56.8 Å². The van der Waals surface area contributed by atoms with Gasteiger partial charge < -0.3 is 185 Å². The van der Waals surface area contributed by atoms with Gasteiger partial charge >= 0.3 is 11.9 Å². The lowest BCUT2D eigenvalue weighted by Crippen LogP contribution is -2.72. The smallest absolute Gasteiger partial charge is 0.364 e. The molecule has 42 heteroatoms. The molecule has 34 atom stereocenters. The fourth-order valence-electron chi connectivity index (χ4n) is 18.6. The predicted molar refractivity (Wildman–Crippen MR) is 478 cm³/mol. The number of rotatable bonds is 68. The highest BCUT2D eigenvalue weighted by Crippen LogP contribution is 2.44. The molecule has 2 unspecified atom stereocenters. The highest BCUT2D eigenvalue weighted by atomic mass is 16.8. The number of hydrogen-bond donors (Lipinski definition) is 24. The highest BCUT2D eigenvalue weighted by molar-refractivity contribution is 5.78. The third kappa shape index (κ3) is 37.0. The molecule has 0 aromatic heterocycles. The average Bonchev–Trinajstić information content (AvgIpc) is 0.741. The normalized spacial score (nSPS) is 33.8. The largest absolute Gasteiger partial charge is 0.477 e. The van der Waals surface area contributed by atoms with Crippen molar-refractivity contribution in [3.05, 3.63) is 12.2 Å². The topological polar surface area (TPSA) is 674 Å². The van der Waals surface area contributed by atoms with Gasteiger partial charge in [0.15, 0.2) is 25.2 Å². The summed E-state index contributed by atoms with van der Waals surface area (Å²) in [5.74, 6) is -16.5. The molecular weight excluding hydrogens is 1780 g/mol. The summed E-state index contributed by atoms with van der Waals surface area (Å²) in [6.45, 7) is -0.676. The van der Waals surface area contributed by atoms with Gasteiger partial charge in [-0.25, -0.2) is 9.59 Å². The molecular formula is C93H165N3O39. The fourth-order valence-corrected chi connectivity index (χ4v) is 18.6. The van der Waals surface area contributed by atoms with Crippen molar-refractivity contribution < 1.29 is 193 Å². The Bertz CT molecular complexity index is 3340. The number of unbranched alkanes of at least 4 members (excludes halogenated alkanes) is 31. The third-order valence-electron chi connectivity index (χ3n) is 26.4. The molecule has 24 N–H and O–H groups in total. The van der Waals surface area contributed by atoms with Gasteiger partial charge in [0.2, 0.25) is 17.7 Å². The van der Waals surface area contributed by atoms with Crippen LogP contribution in [0.3, 0.4) is 0 Å². The lowest BCUT2D eigenvalue weighted by atomic mass is 9.86. The SMILES string of the molecule is CCCCCCCCC=CCCCCCCCCCCCCCCCC(=O)N[C@@H](CO[C@@H]1O[C@H](CO)[C@@H](O[C@@H]2O[C@H](CO)[C@H](O[C@@H]3O[C@H](CO)[C@H](O)[C@H](O[C@@H]4O[C@H](CO)[C@H](O)[C@H](O)[C@H]4O)[C@H]3CC(C)=O)[C@H](O[C@]3(C(=O)O)C[C@H](O)[C@@H](NC(C)=O)C([C@H](O)[C@@H](CO)O[C@]4(C(=O)O)C[C@H](O)[C@@H](NC(C)=O)C([C@H](O)[C@H](O)CO)O4)O3)[C@H]2O)[C@H](O)[C@H]1O)[C@H](O)CCCCCCCCCCCCCCC. The number of amides is 3. The van der Waals surface area contributed by atoms with Crippen molar-refractivity contribution in [2.24, 2.45) is 5.92 Å². The molecule has 0 radical (unpaired) electrons. The summed E-state index contributed by atoms with van der Waals surface area (Å²) in [5, 5.41) is 246. The summed E-state index contributed by atoms with van der Waals surface area (Å²) in [4.78, 5) is 80.7. The molecule has 42 nitrogen and oxygen atoms in total. The van der Waals surface area contributed by atoms with Gasteiger partial charge in [-0.1, -0.05) is 212 Å². The minimum absolute atomic E-state index is 0.110. The lowest BCUT2D eigenvalue weighted by Gasteiger charge is -2.53. The zero-order valence-corrected chi connectivity index (χ0v) is 79.4. The van der Waals surface area contributed by atoms with Crippen LogP contribution in [0, 0.1) is 5.92 Å². The van der Waals surface area contributed by atoms with Crippen LogP contribution in [0.5, 0.6) is 0 Å². The van der Waals surface area contributed by atoms with Crippen molar-refractivity contribution in [3.8, 4) is 0 Å². The average molecular weight is 1950 g/mol. The summed E-state index contributed by atoms with van der Waals surface area (Å²) < 4.78 is 72.7. The van der Waals surface area contributed by atoms with Crippen molar-refractivity contribution >= 4 is 35.4 Å². The predicted octanol–water partition coefficient (Wildman–Crippen LogP) is 0.343. The number of carbonyl (C=O) groups excluding carboxylic acids is 4. The van der Waals surface area contributed by atoms with Gasteiger partial charge in [0.1, 0.15) is 128 Å². The van der Waals surface area contributed by atoms with Crippen LogP contribution in [0.4, 0.5) is 0 Å². The van der Waals surface area contributed by atoms with E-state index >= 15 is 0 Å². The van der Waals surface area contributed by atoms with Crippen LogP contribution < -0.4 is 16.0 Å². The van der Waals surface area contributed by atoms with Gasteiger partial charge in [-0.3, -0.25) is 14.4 Å². The first-order valence-corrected chi connectivity index (χ1v) is 49.4. The van der Waals surface area contributed by atoms with Crippen molar-refractivity contribution in [3.63, 3.8) is 0 Å². The standard InChI is InChI=1S/C93H165N3O39/c1-6-8-10-12-14-16-18-20-21-22-23-24-25-26-27-28-29-31-33-35-37-39-41-43-68(110)96-58(59(106)42-40-38-36-34-32-30-19-17-15-13-11-9-7-2)53-124-87-78(118)76(116)81(66(51-101)127-87)130-89-79(119)85(82(67(52-102)128-89)131-86-57(44-54(3)103)80(73(113)64(49-99)125-86)129-88-77(117)75(115)72(112)63(48-98)126-88)135-93(91(122)123)46-61(108)70(95-56(5)105)84(134-93)74(114)65(50-100)132-92(90(120)121)45-60(107)69(94-55(4)104)83(133-92)71(111)62(109)47-97/h20-21,57-67,69-89,97-102,106-109,111-119H,6-19,22-53H2,1-5H3,(H,94,104)(H,95,105)(H,96,110)(H,120,121)(H,122,123)/t57-,58+,59-,60+,61+,62-,63-,64-,65-,66-,67-,69-,70-,71-,72+,73+,74-,75+,76-,77-,78-,79-,80-,81-,82+,83?,84?,85-,86+,87-,88+,89+,92-,93+/m1/s1. The Morgan fingerprint density at radius 1 is 0.415 bits per heavy atom. The zero-order chi connectivity index (χ0) is 99.5. The van der Waals surface area contributed by atoms with Gasteiger partial charge in [-0.2, -0.15) is 0 Å². The molecule has 6 fully saturated rings. The van der Waals surface area contributed by atoms with Crippen LogP contribution in [0.2, 0.25) is 0 Å². The van der Waals surface area contributed by atoms with Crippen LogP contribution in [0.1, 0.15) is 285 Å². The van der Waals surface area contributed by atoms with Gasteiger partial charge in [-0.15, -0.1) is 0 Å². The number of ether oxygens (including phenoxy) is 12. The number of aliphatic hydroxyl groups excluding tert-OH is 19. The fraction of sp³-hybridized carbons (Fsp3) is 0.914. The monoisotopic (exact) mass is 1950 g/mol. The van der Waals surface area contributed by atoms with E-state index in [1.54, 1.807) is 0 Å². The first kappa shape index (κ1) is 119. The molecule has 135 heavy (non-hydrogen) atoms. The van der Waals surface area contributed by atoms with Crippen LogP contribution in [0.25, 0.3) is 0 Å². The summed E-state index contributed by atoms with van der Waals surface area (Å²) in [5.41, 5.74) is 0. The number of hydrogen-bond acceptors (Lipinski definition) is 37. The second-order valence-corrected chi connectivity index (χ2v) is 37.4. The number of carboxylic acid groups (broad SMARTS) is 2. The summed E-state index contributed by atoms with van der Waals surface area (Å²) in [6, 6.07) is -5.01. The van der Waals surface area contributed by atoms with E-state index in [0.717, 1.165) is 97.8 Å². The highest BCUT2D eigenvalue weighted by Gasteiger charge is 2.64. The van der Waals surface area contributed by atoms with Crippen molar-refractivity contribution in [1.29, 1.82) is 0 Å². The Hall–Kier alpha value is -4.48. The van der Waals surface area contributed by atoms with Crippen LogP contribution in [-0.4, -0.2) is 390 Å². The van der Waals surface area contributed by atoms with Crippen LogP contribution >= 0.6 is 0 Å². The van der Waals surface area contributed by atoms with Crippen LogP contribution in [0.15, 0.2) is 12.2 Å². The van der Waals surface area contributed by atoms with E-state index in [1.807, 2.05) is 0 Å². The molecule has 6 aliphatic heterocycles. The van der Waals surface area contributed by atoms with E-state index in [-0.39, 0.29) is 12.8 Å². The van der Waals surface area contributed by atoms with E-state index in [2.05, 4.69) is 41.9 Å². The van der Waals surface area contributed by atoms with E-state index in [0.29, 0.717) is 12.8 Å². The summed E-state index contributed by atoms with van der Waals surface area (Å²) in [6.07, 6.45) is -21.6. The molecule has 3 amide bonds. The maximum absolute atomic E-state index is 14.5. The van der Waals surface area contributed by atoms with E-state index in [1.165, 1.54) is 128 Å². The summed E-state index contributed by atoms with van der Waals surface area (Å²) >= 11 is 0. The number of nitrogens with one attached hydrogen (secondary N) is 3. The number of allylic oxidation sites excluding steroid dienone is 2. The quantitative estimate of drug-likeness (QED) is 0.0288. The van der Waals surface area contributed by atoms with E-state index in [9.17, 15) is 136 Å². The van der Waals surface area contributed by atoms with Gasteiger partial charge in [0.25, 0.3) is 11.6 Å². The van der Waals surface area contributed by atoms with Gasteiger partial charge in [0, 0.05) is 45.4 Å². The molecule has 6 rings (SSSR count). The molecule has 0 aromatic rings. The number of ketones is 1. The molecule has 6 heterocycles. The minimum atomic E-state index is -3.67. The Labute approximate surface area is 791 Å². The lowest BCUT2D eigenvalue weighted by molar-refractivity contribution is -0.407. The van der Waals surface area contributed by atoms with E-state index < -0.39 is 308 Å². The molecule has 0 spiro atoms. The van der Waals surface area contributed by atoms with Crippen LogP contribution in [-0.2, 0) is 85.6 Å². The number of carbonyl (C=O) groups is 6. The Kier molecular flexibility index (Phi) is 55.5. The Morgan fingerprint density at radius 2 is 0.822 bits per heavy atom. The molecule has 6 saturated heterocycles. The molecule has 786 valence electrons. The maximum Gasteiger partial charge on any atom is 0.364 e. The second kappa shape index (κ2) is 62.8. The number of aliphatic hydroxyl groups is 19. The summed E-state index contributed by atoms with van der Waals surface area (Å²) in [7, 11) is 0. The number of Topliss-reactive ketones (excluding diaryl/α,β-unsaturated/α-hetero) is 1. The molecule has 6 aliphatic rings. The van der Waals surface area contributed by atoms with Crippen molar-refractivity contribution in [1.82, 2.24) is 16.0 Å². The molecule has 0 bridgehead atoms. The Morgan fingerprint density at radius 3 is 1.30 bits per heavy atom. The van der Waals surface area contributed by atoms with Crippen molar-refractivity contribution in [2.75, 3.05) is 46.2 Å². The molecule has 0 aliphatic carbocycles. The first-order chi connectivity index (χ1) is 64.6. The van der Waals surface area contributed by atoms with Crippen molar-refractivity contribution in [2.45, 2.75) is 486 Å². The van der Waals surface area contributed by atoms with Gasteiger partial charge in [0.05, 0.1) is 88.8 Å². The number of carboxylic acids is 2. The first-order valence-electron chi connectivity index (χ1n) is 49.4. The molecule has 0 aromatic carbocycles. The minimum Gasteiger partial charge on any atom is -0.477 e. The Balaban J connectivity index is 1.26. The number of aliphatic carboxylic acids is 2. The van der Waals surface area contributed by atoms with Gasteiger partial charge in [-0.05, 0) is 45.4 Å². The second-order valence-electron chi connectivity index (χ2n) is 37.4. The third-order valence-corrected chi connectivity index (χ3v) is 26.4. The zero-order valence-electron chi connectivity index (χ0n) is 79.4. The molecule has 0 saturated carbocycles.